The van der Waals surface area contributed by atoms with E-state index < -0.39 is 6.04 Å². The molecule has 0 spiro atoms. The lowest BCUT2D eigenvalue weighted by Crippen LogP contribution is -2.50. The summed E-state index contributed by atoms with van der Waals surface area (Å²) in [5.41, 5.74) is 0.724. The summed E-state index contributed by atoms with van der Waals surface area (Å²) in [7, 11) is 0. The number of amides is 2. The van der Waals surface area contributed by atoms with E-state index in [9.17, 15) is 14.0 Å². The molecule has 0 saturated carbocycles. The van der Waals surface area contributed by atoms with Gasteiger partial charge in [-0.15, -0.1) is 0 Å². The number of halogens is 2. The van der Waals surface area contributed by atoms with E-state index in [1.54, 1.807) is 36.4 Å². The topological polar surface area (TPSA) is 58.6 Å². The van der Waals surface area contributed by atoms with Gasteiger partial charge in [0.25, 0.3) is 5.91 Å². The summed E-state index contributed by atoms with van der Waals surface area (Å²) in [6, 6.07) is 12.1. The smallest absolute Gasteiger partial charge is 0.261 e. The highest BCUT2D eigenvalue weighted by molar-refractivity contribution is 6.32. The molecule has 0 fully saturated rings. The van der Waals surface area contributed by atoms with Crippen molar-refractivity contribution in [3.8, 4) is 5.75 Å². The zero-order valence-electron chi connectivity index (χ0n) is 17.4. The molecule has 0 aliphatic heterocycles. The summed E-state index contributed by atoms with van der Waals surface area (Å²) in [5.74, 6) is -0.520. The van der Waals surface area contributed by atoms with Crippen LogP contribution in [0.15, 0.2) is 48.5 Å². The Kier molecular flexibility index (Phi) is 9.61. The molecule has 2 rings (SSSR count). The first-order valence-corrected chi connectivity index (χ1v) is 10.5. The normalized spacial score (nSPS) is 11.6. The van der Waals surface area contributed by atoms with Crippen molar-refractivity contribution in [2.45, 2.75) is 45.7 Å². The lowest BCUT2D eigenvalue weighted by atomic mass is 10.1. The lowest BCUT2D eigenvalue weighted by molar-refractivity contribution is -0.143. The van der Waals surface area contributed by atoms with Crippen molar-refractivity contribution in [1.29, 1.82) is 0 Å². The van der Waals surface area contributed by atoms with Gasteiger partial charge in [0, 0.05) is 13.1 Å². The molecule has 5 nitrogen and oxygen atoms in total. The number of ether oxygens (including phenoxy) is 1. The number of nitrogens with one attached hydrogen (secondary N) is 1. The maximum absolute atomic E-state index is 13.3. The second-order valence-electron chi connectivity index (χ2n) is 6.94. The fraction of sp³-hybridized carbons (Fsp3) is 0.391. The number of nitrogens with zero attached hydrogens (tertiary/aromatic N) is 1. The largest absolute Gasteiger partial charge is 0.482 e. The van der Waals surface area contributed by atoms with Gasteiger partial charge in [-0.3, -0.25) is 9.59 Å². The van der Waals surface area contributed by atoms with E-state index in [-0.39, 0.29) is 30.8 Å². The molecule has 2 aromatic rings. The summed E-state index contributed by atoms with van der Waals surface area (Å²) in [5, 5.41) is 3.30. The van der Waals surface area contributed by atoms with E-state index in [4.69, 9.17) is 16.3 Å². The highest BCUT2D eigenvalue weighted by atomic mass is 35.5. The Hall–Kier alpha value is -2.60. The summed E-state index contributed by atoms with van der Waals surface area (Å²) >= 11 is 6.09. The first-order valence-electron chi connectivity index (χ1n) is 10.1. The van der Waals surface area contributed by atoms with Crippen molar-refractivity contribution in [2.24, 2.45) is 0 Å². The third-order valence-electron chi connectivity index (χ3n) is 4.67. The molecule has 0 heterocycles. The summed E-state index contributed by atoms with van der Waals surface area (Å²) in [6.45, 7) is 4.36. The van der Waals surface area contributed by atoms with Gasteiger partial charge in [0.1, 0.15) is 17.6 Å². The zero-order chi connectivity index (χ0) is 21.9. The highest BCUT2D eigenvalue weighted by Crippen LogP contribution is 2.23. The second kappa shape index (κ2) is 12.2. The molecule has 0 unspecified atom stereocenters. The molecule has 0 bridgehead atoms. The van der Waals surface area contributed by atoms with E-state index in [1.165, 1.54) is 17.0 Å². The average Bonchev–Trinajstić information content (AvgIpc) is 2.74. The minimum atomic E-state index is -0.658. The first kappa shape index (κ1) is 23.7. The fourth-order valence-corrected chi connectivity index (χ4v) is 3.19. The molecule has 7 heteroatoms. The Balaban J connectivity index is 2.17. The van der Waals surface area contributed by atoms with E-state index in [1.807, 2.05) is 13.8 Å². The van der Waals surface area contributed by atoms with Crippen LogP contribution in [0.4, 0.5) is 4.39 Å². The Bertz CT molecular complexity index is 829. The minimum Gasteiger partial charge on any atom is -0.482 e. The highest BCUT2D eigenvalue weighted by Gasteiger charge is 2.28. The number of benzene rings is 2. The van der Waals surface area contributed by atoms with E-state index in [0.717, 1.165) is 18.4 Å². The standard InChI is InChI=1S/C23H28ClFN2O3/c1-3-5-14-26-23(29)20(4-2)27(15-17-10-12-18(25)13-11-17)22(28)16-30-21-9-7-6-8-19(21)24/h6-13,20H,3-5,14-16H2,1-2H3,(H,26,29)/t20-/m0/s1. The lowest BCUT2D eigenvalue weighted by Gasteiger charge is -2.30. The van der Waals surface area contributed by atoms with Crippen molar-refractivity contribution in [3.05, 3.63) is 64.9 Å². The third-order valence-corrected chi connectivity index (χ3v) is 4.98. The predicted molar refractivity (Wildman–Crippen MR) is 116 cm³/mol. The Morgan fingerprint density at radius 3 is 2.47 bits per heavy atom. The molecule has 2 aromatic carbocycles. The molecule has 0 radical (unpaired) electrons. The molecule has 0 aromatic heterocycles. The van der Waals surface area contributed by atoms with Crippen LogP contribution >= 0.6 is 11.6 Å². The van der Waals surface area contributed by atoms with Gasteiger partial charge in [0.2, 0.25) is 5.91 Å². The van der Waals surface area contributed by atoms with Gasteiger partial charge < -0.3 is 15.0 Å². The van der Waals surface area contributed by atoms with Crippen molar-refractivity contribution < 1.29 is 18.7 Å². The molecule has 30 heavy (non-hydrogen) atoms. The van der Waals surface area contributed by atoms with Crippen LogP contribution in [-0.2, 0) is 16.1 Å². The Labute approximate surface area is 182 Å². The summed E-state index contributed by atoms with van der Waals surface area (Å²) < 4.78 is 18.9. The number of hydrogen-bond acceptors (Lipinski definition) is 3. The number of rotatable bonds is 11. The quantitative estimate of drug-likeness (QED) is 0.526. The van der Waals surface area contributed by atoms with Gasteiger partial charge in [0.05, 0.1) is 5.02 Å². The second-order valence-corrected chi connectivity index (χ2v) is 7.34. The third kappa shape index (κ3) is 7.02. The van der Waals surface area contributed by atoms with E-state index in [0.29, 0.717) is 23.7 Å². The van der Waals surface area contributed by atoms with Crippen LogP contribution in [-0.4, -0.2) is 35.9 Å². The molecule has 2 amide bonds. The van der Waals surface area contributed by atoms with Crippen LogP contribution in [0.25, 0.3) is 0 Å². The fourth-order valence-electron chi connectivity index (χ4n) is 3.00. The number of carbonyl (C=O) groups excluding carboxylic acids is 2. The monoisotopic (exact) mass is 434 g/mol. The van der Waals surface area contributed by atoms with Crippen LogP contribution in [0.3, 0.4) is 0 Å². The van der Waals surface area contributed by atoms with Crippen LogP contribution in [0.5, 0.6) is 5.75 Å². The molecule has 1 atom stereocenters. The minimum absolute atomic E-state index is 0.171. The maximum Gasteiger partial charge on any atom is 0.261 e. The summed E-state index contributed by atoms with van der Waals surface area (Å²) in [4.78, 5) is 27.3. The Morgan fingerprint density at radius 1 is 1.13 bits per heavy atom. The molecular formula is C23H28ClFN2O3. The molecule has 0 aliphatic rings. The first-order chi connectivity index (χ1) is 14.5. The zero-order valence-corrected chi connectivity index (χ0v) is 18.1. The van der Waals surface area contributed by atoms with Crippen LogP contribution in [0.2, 0.25) is 5.02 Å². The number of unbranched alkanes of at least 4 members (excludes halogenated alkanes) is 1. The van der Waals surface area contributed by atoms with Crippen molar-refractivity contribution in [2.75, 3.05) is 13.2 Å². The van der Waals surface area contributed by atoms with E-state index in [2.05, 4.69) is 5.32 Å². The van der Waals surface area contributed by atoms with Crippen molar-refractivity contribution in [3.63, 3.8) is 0 Å². The van der Waals surface area contributed by atoms with E-state index >= 15 is 0 Å². The van der Waals surface area contributed by atoms with Crippen molar-refractivity contribution >= 4 is 23.4 Å². The van der Waals surface area contributed by atoms with Gasteiger partial charge in [0.15, 0.2) is 6.61 Å². The van der Waals surface area contributed by atoms with Crippen LogP contribution in [0.1, 0.15) is 38.7 Å². The van der Waals surface area contributed by atoms with Crippen LogP contribution < -0.4 is 10.1 Å². The molecule has 0 saturated heterocycles. The average molecular weight is 435 g/mol. The molecular weight excluding hydrogens is 407 g/mol. The summed E-state index contributed by atoms with van der Waals surface area (Å²) in [6.07, 6.45) is 2.27. The maximum atomic E-state index is 13.3. The molecule has 162 valence electrons. The van der Waals surface area contributed by atoms with Gasteiger partial charge in [-0.05, 0) is 42.7 Å². The number of carbonyl (C=O) groups is 2. The molecule has 1 N–H and O–H groups in total. The van der Waals surface area contributed by atoms with Gasteiger partial charge in [-0.1, -0.05) is 56.1 Å². The van der Waals surface area contributed by atoms with Gasteiger partial charge in [-0.2, -0.15) is 0 Å². The number of para-hydroxylation sites is 1. The van der Waals surface area contributed by atoms with Crippen molar-refractivity contribution in [1.82, 2.24) is 10.2 Å². The van der Waals surface area contributed by atoms with Crippen LogP contribution in [0, 0.1) is 5.82 Å². The SMILES string of the molecule is CCCCNC(=O)[C@H](CC)N(Cc1ccc(F)cc1)C(=O)COc1ccccc1Cl. The Morgan fingerprint density at radius 2 is 1.83 bits per heavy atom. The van der Waals surface area contributed by atoms with Gasteiger partial charge in [-0.25, -0.2) is 4.39 Å². The van der Waals surface area contributed by atoms with Gasteiger partial charge >= 0.3 is 0 Å². The molecule has 0 aliphatic carbocycles. The predicted octanol–water partition coefficient (Wildman–Crippen LogP) is 4.58. The number of hydrogen-bond donors (Lipinski definition) is 1.